The number of ether oxygens (including phenoxy) is 1. The summed E-state index contributed by atoms with van der Waals surface area (Å²) < 4.78 is 5.13. The zero-order valence-corrected chi connectivity index (χ0v) is 11.8. The maximum atomic E-state index is 11.7. The SMILES string of the molecule is C#CCNC(=O)c1cccc(NC(=O)OC(C)(C)C)c1. The second-order valence-electron chi connectivity index (χ2n) is 5.09. The zero-order valence-electron chi connectivity index (χ0n) is 11.8. The molecule has 0 saturated carbocycles. The Kier molecular flexibility index (Phi) is 5.15. The Bertz CT molecular complexity index is 539. The number of amides is 2. The molecule has 0 spiro atoms. The average Bonchev–Trinajstić information content (AvgIpc) is 2.33. The van der Waals surface area contributed by atoms with Gasteiger partial charge in [0.05, 0.1) is 6.54 Å². The van der Waals surface area contributed by atoms with Crippen LogP contribution >= 0.6 is 0 Å². The molecule has 0 heterocycles. The van der Waals surface area contributed by atoms with E-state index < -0.39 is 11.7 Å². The summed E-state index contributed by atoms with van der Waals surface area (Å²) in [4.78, 5) is 23.3. The highest BCUT2D eigenvalue weighted by Crippen LogP contribution is 2.13. The van der Waals surface area contributed by atoms with E-state index in [9.17, 15) is 9.59 Å². The molecule has 0 radical (unpaired) electrons. The zero-order chi connectivity index (χ0) is 15.2. The lowest BCUT2D eigenvalue weighted by atomic mass is 10.2. The number of carbonyl (C=O) groups is 2. The number of anilines is 1. The Morgan fingerprint density at radius 3 is 2.65 bits per heavy atom. The molecule has 5 heteroatoms. The van der Waals surface area contributed by atoms with Crippen LogP contribution in [0.5, 0.6) is 0 Å². The third-order valence-corrected chi connectivity index (χ3v) is 2.12. The van der Waals surface area contributed by atoms with Crippen LogP contribution in [0.2, 0.25) is 0 Å². The summed E-state index contributed by atoms with van der Waals surface area (Å²) in [5, 5.41) is 5.12. The van der Waals surface area contributed by atoms with Crippen LogP contribution < -0.4 is 10.6 Å². The quantitative estimate of drug-likeness (QED) is 0.832. The van der Waals surface area contributed by atoms with Gasteiger partial charge in [0.15, 0.2) is 0 Å². The fraction of sp³-hybridized carbons (Fsp3) is 0.333. The molecule has 1 aromatic carbocycles. The Labute approximate surface area is 118 Å². The van der Waals surface area contributed by atoms with Gasteiger partial charge in [-0.3, -0.25) is 10.1 Å². The topological polar surface area (TPSA) is 67.4 Å². The summed E-state index contributed by atoms with van der Waals surface area (Å²) in [7, 11) is 0. The van der Waals surface area contributed by atoms with Crippen molar-refractivity contribution >= 4 is 17.7 Å². The van der Waals surface area contributed by atoms with Gasteiger partial charge in [0.2, 0.25) is 0 Å². The molecule has 106 valence electrons. The van der Waals surface area contributed by atoms with Crippen LogP contribution in [-0.2, 0) is 4.74 Å². The lowest BCUT2D eigenvalue weighted by molar-refractivity contribution is 0.0635. The summed E-state index contributed by atoms with van der Waals surface area (Å²) in [6.45, 7) is 5.48. The molecule has 0 aliphatic rings. The van der Waals surface area contributed by atoms with Crippen LogP contribution in [0.4, 0.5) is 10.5 Å². The standard InChI is InChI=1S/C15H18N2O3/c1-5-9-16-13(18)11-7-6-8-12(10-11)17-14(19)20-15(2,3)4/h1,6-8,10H,9H2,2-4H3,(H,16,18)(H,17,19). The number of hydrogen-bond acceptors (Lipinski definition) is 3. The Morgan fingerprint density at radius 1 is 1.35 bits per heavy atom. The molecule has 0 saturated heterocycles. The van der Waals surface area contributed by atoms with Crippen LogP contribution in [0, 0.1) is 12.3 Å². The summed E-state index contributed by atoms with van der Waals surface area (Å²) in [6.07, 6.45) is 4.50. The number of nitrogens with one attached hydrogen (secondary N) is 2. The predicted molar refractivity (Wildman–Crippen MR) is 77.5 cm³/mol. The van der Waals surface area contributed by atoms with Crippen molar-refractivity contribution in [3.05, 3.63) is 29.8 Å². The fourth-order valence-corrected chi connectivity index (χ4v) is 1.39. The highest BCUT2D eigenvalue weighted by Gasteiger charge is 2.16. The Morgan fingerprint density at radius 2 is 2.05 bits per heavy atom. The van der Waals surface area contributed by atoms with Crippen LogP contribution in [0.1, 0.15) is 31.1 Å². The van der Waals surface area contributed by atoms with Gasteiger partial charge in [-0.2, -0.15) is 0 Å². The molecule has 1 rings (SSSR count). The van der Waals surface area contributed by atoms with E-state index in [2.05, 4.69) is 16.6 Å². The van der Waals surface area contributed by atoms with Crippen LogP contribution in [0.3, 0.4) is 0 Å². The van der Waals surface area contributed by atoms with E-state index in [0.29, 0.717) is 11.3 Å². The fourth-order valence-electron chi connectivity index (χ4n) is 1.39. The number of carbonyl (C=O) groups excluding carboxylic acids is 2. The van der Waals surface area contributed by atoms with Gasteiger partial charge >= 0.3 is 6.09 Å². The molecule has 0 unspecified atom stereocenters. The summed E-state index contributed by atoms with van der Waals surface area (Å²) in [5.41, 5.74) is 0.313. The number of terminal acetylenes is 1. The third-order valence-electron chi connectivity index (χ3n) is 2.12. The van der Waals surface area contributed by atoms with Crippen molar-refractivity contribution in [3.8, 4) is 12.3 Å². The summed E-state index contributed by atoms with van der Waals surface area (Å²) in [5.74, 6) is 2.02. The second kappa shape index (κ2) is 6.62. The molecule has 2 amide bonds. The highest BCUT2D eigenvalue weighted by atomic mass is 16.6. The van der Waals surface area contributed by atoms with Gasteiger partial charge in [0, 0.05) is 11.3 Å². The summed E-state index contributed by atoms with van der Waals surface area (Å²) in [6, 6.07) is 6.52. The van der Waals surface area contributed by atoms with Crippen LogP contribution in [0.15, 0.2) is 24.3 Å². The predicted octanol–water partition coefficient (Wildman–Crippen LogP) is 2.40. The molecular formula is C15H18N2O3. The largest absolute Gasteiger partial charge is 0.444 e. The normalized spacial score (nSPS) is 10.3. The molecule has 0 fully saturated rings. The van der Waals surface area contributed by atoms with Crippen LogP contribution in [-0.4, -0.2) is 24.1 Å². The van der Waals surface area contributed by atoms with E-state index in [4.69, 9.17) is 11.2 Å². The molecular weight excluding hydrogens is 256 g/mol. The maximum absolute atomic E-state index is 11.7. The number of rotatable bonds is 3. The molecule has 0 aromatic heterocycles. The summed E-state index contributed by atoms with van der Waals surface area (Å²) >= 11 is 0. The van der Waals surface area contributed by atoms with Crippen molar-refractivity contribution in [1.29, 1.82) is 0 Å². The lowest BCUT2D eigenvalue weighted by Gasteiger charge is -2.19. The first kappa shape index (κ1) is 15.6. The monoisotopic (exact) mass is 274 g/mol. The van der Waals surface area contributed by atoms with Gasteiger partial charge in [-0.05, 0) is 39.0 Å². The van der Waals surface area contributed by atoms with Crippen molar-refractivity contribution in [3.63, 3.8) is 0 Å². The molecule has 0 aliphatic heterocycles. The van der Waals surface area contributed by atoms with Crippen LogP contribution in [0.25, 0.3) is 0 Å². The molecule has 20 heavy (non-hydrogen) atoms. The van der Waals surface area contributed by atoms with Crippen molar-refractivity contribution in [1.82, 2.24) is 5.32 Å². The van der Waals surface area contributed by atoms with Crippen molar-refractivity contribution in [2.75, 3.05) is 11.9 Å². The first-order valence-corrected chi connectivity index (χ1v) is 6.13. The third kappa shape index (κ3) is 5.44. The van der Waals surface area contributed by atoms with E-state index in [-0.39, 0.29) is 12.5 Å². The van der Waals surface area contributed by atoms with Gasteiger partial charge in [-0.25, -0.2) is 4.79 Å². The number of hydrogen-bond donors (Lipinski definition) is 2. The molecule has 2 N–H and O–H groups in total. The highest BCUT2D eigenvalue weighted by molar-refractivity contribution is 5.96. The van der Waals surface area contributed by atoms with E-state index >= 15 is 0 Å². The van der Waals surface area contributed by atoms with Gasteiger partial charge in [-0.1, -0.05) is 12.0 Å². The first-order chi connectivity index (χ1) is 9.31. The Balaban J connectivity index is 2.71. The molecule has 0 bridgehead atoms. The average molecular weight is 274 g/mol. The van der Waals surface area contributed by atoms with Gasteiger partial charge in [0.1, 0.15) is 5.60 Å². The van der Waals surface area contributed by atoms with E-state index in [1.54, 1.807) is 45.0 Å². The minimum atomic E-state index is -0.578. The molecule has 0 atom stereocenters. The van der Waals surface area contributed by atoms with Crippen molar-refractivity contribution in [2.24, 2.45) is 0 Å². The molecule has 5 nitrogen and oxygen atoms in total. The van der Waals surface area contributed by atoms with E-state index in [1.807, 2.05) is 0 Å². The van der Waals surface area contributed by atoms with Gasteiger partial charge in [-0.15, -0.1) is 6.42 Å². The minimum Gasteiger partial charge on any atom is -0.444 e. The lowest BCUT2D eigenvalue weighted by Crippen LogP contribution is -2.27. The van der Waals surface area contributed by atoms with Crippen molar-refractivity contribution in [2.45, 2.75) is 26.4 Å². The first-order valence-electron chi connectivity index (χ1n) is 6.13. The van der Waals surface area contributed by atoms with Gasteiger partial charge < -0.3 is 10.1 Å². The molecule has 1 aromatic rings. The molecule has 0 aliphatic carbocycles. The number of benzene rings is 1. The minimum absolute atomic E-state index is 0.155. The van der Waals surface area contributed by atoms with E-state index in [0.717, 1.165) is 0 Å². The maximum Gasteiger partial charge on any atom is 0.412 e. The van der Waals surface area contributed by atoms with E-state index in [1.165, 1.54) is 0 Å². The smallest absolute Gasteiger partial charge is 0.412 e. The second-order valence-corrected chi connectivity index (χ2v) is 5.09. The van der Waals surface area contributed by atoms with Gasteiger partial charge in [0.25, 0.3) is 5.91 Å². The Hall–Kier alpha value is -2.48. The van der Waals surface area contributed by atoms with Crippen molar-refractivity contribution < 1.29 is 14.3 Å².